The number of hydrogen-bond donors (Lipinski definition) is 1. The van der Waals surface area contributed by atoms with Gasteiger partial charge in [-0.3, -0.25) is 4.79 Å². The van der Waals surface area contributed by atoms with Crippen molar-refractivity contribution in [3.63, 3.8) is 0 Å². The Hall–Kier alpha value is -3.28. The maximum atomic E-state index is 12.4. The SMILES string of the molecule is CC(NC(=O)c1cc(-c2ccc3c(c2)OCO3)on1)c1ccccc1. The van der Waals surface area contributed by atoms with Crippen molar-refractivity contribution in [1.82, 2.24) is 10.5 Å². The summed E-state index contributed by atoms with van der Waals surface area (Å²) in [6.07, 6.45) is 0. The molecule has 4 rings (SSSR count). The van der Waals surface area contributed by atoms with E-state index < -0.39 is 0 Å². The van der Waals surface area contributed by atoms with Crippen LogP contribution in [-0.4, -0.2) is 17.9 Å². The lowest BCUT2D eigenvalue weighted by Crippen LogP contribution is -2.26. The molecule has 126 valence electrons. The lowest BCUT2D eigenvalue weighted by molar-refractivity contribution is 0.0931. The fourth-order valence-corrected chi connectivity index (χ4v) is 2.66. The van der Waals surface area contributed by atoms with Gasteiger partial charge in [0.25, 0.3) is 5.91 Å². The first-order valence-electron chi connectivity index (χ1n) is 7.93. The van der Waals surface area contributed by atoms with Crippen LogP contribution in [0.2, 0.25) is 0 Å². The number of benzene rings is 2. The number of amides is 1. The number of fused-ring (bicyclic) bond motifs is 1. The number of aromatic nitrogens is 1. The molecule has 1 amide bonds. The maximum Gasteiger partial charge on any atom is 0.273 e. The van der Waals surface area contributed by atoms with E-state index in [4.69, 9.17) is 14.0 Å². The van der Waals surface area contributed by atoms with Crippen LogP contribution in [0, 0.1) is 0 Å². The van der Waals surface area contributed by atoms with Gasteiger partial charge in [0.05, 0.1) is 6.04 Å². The normalized spacial score (nSPS) is 13.5. The number of nitrogens with one attached hydrogen (secondary N) is 1. The van der Waals surface area contributed by atoms with Crippen molar-refractivity contribution in [2.45, 2.75) is 13.0 Å². The van der Waals surface area contributed by atoms with E-state index in [1.165, 1.54) is 0 Å². The number of rotatable bonds is 4. The molecule has 0 fully saturated rings. The molecule has 0 spiro atoms. The lowest BCUT2D eigenvalue weighted by atomic mass is 10.1. The van der Waals surface area contributed by atoms with Crippen molar-refractivity contribution in [2.75, 3.05) is 6.79 Å². The quantitative estimate of drug-likeness (QED) is 0.788. The Balaban J connectivity index is 1.50. The van der Waals surface area contributed by atoms with Crippen LogP contribution in [0.1, 0.15) is 29.0 Å². The molecule has 1 atom stereocenters. The van der Waals surface area contributed by atoms with Crippen molar-refractivity contribution in [2.24, 2.45) is 0 Å². The molecule has 1 aromatic heterocycles. The van der Waals surface area contributed by atoms with E-state index in [2.05, 4.69) is 10.5 Å². The highest BCUT2D eigenvalue weighted by atomic mass is 16.7. The van der Waals surface area contributed by atoms with Gasteiger partial charge in [-0.25, -0.2) is 0 Å². The second-order valence-electron chi connectivity index (χ2n) is 5.75. The minimum absolute atomic E-state index is 0.126. The van der Waals surface area contributed by atoms with Gasteiger partial charge >= 0.3 is 0 Å². The van der Waals surface area contributed by atoms with Gasteiger partial charge in [0, 0.05) is 11.6 Å². The zero-order valence-corrected chi connectivity index (χ0v) is 13.6. The predicted molar refractivity (Wildman–Crippen MR) is 90.4 cm³/mol. The number of nitrogens with zero attached hydrogens (tertiary/aromatic N) is 1. The lowest BCUT2D eigenvalue weighted by Gasteiger charge is -2.12. The van der Waals surface area contributed by atoms with Gasteiger partial charge in [0.2, 0.25) is 6.79 Å². The second-order valence-corrected chi connectivity index (χ2v) is 5.75. The summed E-state index contributed by atoms with van der Waals surface area (Å²) in [6, 6.07) is 16.7. The third kappa shape index (κ3) is 3.06. The molecule has 0 aliphatic carbocycles. The summed E-state index contributed by atoms with van der Waals surface area (Å²) in [4.78, 5) is 12.4. The molecule has 2 heterocycles. The maximum absolute atomic E-state index is 12.4. The first-order valence-corrected chi connectivity index (χ1v) is 7.93. The summed E-state index contributed by atoms with van der Waals surface area (Å²) >= 11 is 0. The average molecular weight is 336 g/mol. The zero-order chi connectivity index (χ0) is 17.2. The minimum Gasteiger partial charge on any atom is -0.454 e. The number of carbonyl (C=O) groups excluding carboxylic acids is 1. The van der Waals surface area contributed by atoms with Crippen LogP contribution in [0.15, 0.2) is 59.1 Å². The molecule has 1 aliphatic rings. The Morgan fingerprint density at radius 1 is 1.08 bits per heavy atom. The molecular formula is C19H16N2O4. The van der Waals surface area contributed by atoms with Crippen molar-refractivity contribution >= 4 is 5.91 Å². The number of ether oxygens (including phenoxy) is 2. The summed E-state index contributed by atoms with van der Waals surface area (Å²) in [5.74, 6) is 1.55. The van der Waals surface area contributed by atoms with Crippen molar-refractivity contribution in [1.29, 1.82) is 0 Å². The Bertz CT molecular complexity index is 905. The van der Waals surface area contributed by atoms with Crippen LogP contribution >= 0.6 is 0 Å². The van der Waals surface area contributed by atoms with Crippen LogP contribution in [0.3, 0.4) is 0 Å². The average Bonchev–Trinajstić information content (AvgIpc) is 3.31. The van der Waals surface area contributed by atoms with E-state index in [0.717, 1.165) is 11.1 Å². The van der Waals surface area contributed by atoms with Gasteiger partial charge in [0.15, 0.2) is 23.0 Å². The highest BCUT2D eigenvalue weighted by Gasteiger charge is 2.19. The van der Waals surface area contributed by atoms with E-state index in [1.54, 1.807) is 18.2 Å². The van der Waals surface area contributed by atoms with E-state index in [1.807, 2.05) is 43.3 Å². The smallest absolute Gasteiger partial charge is 0.273 e. The summed E-state index contributed by atoms with van der Waals surface area (Å²) in [5, 5.41) is 6.79. The third-order valence-corrected chi connectivity index (χ3v) is 4.05. The summed E-state index contributed by atoms with van der Waals surface area (Å²) in [7, 11) is 0. The van der Waals surface area contributed by atoms with Gasteiger partial charge in [-0.1, -0.05) is 35.5 Å². The molecule has 3 aromatic rings. The minimum atomic E-state index is -0.285. The standard InChI is InChI=1S/C19H16N2O4/c1-12(13-5-3-2-4-6-13)20-19(22)15-10-17(25-21-15)14-7-8-16-18(9-14)24-11-23-16/h2-10,12H,11H2,1H3,(H,20,22). The van der Waals surface area contributed by atoms with E-state index in [0.29, 0.717) is 17.3 Å². The molecule has 6 nitrogen and oxygen atoms in total. The molecule has 1 aliphatic heterocycles. The van der Waals surface area contributed by atoms with Crippen molar-refractivity contribution in [3.8, 4) is 22.8 Å². The predicted octanol–water partition coefficient (Wildman–Crippen LogP) is 3.56. The Labute approximate surface area is 144 Å². The van der Waals surface area contributed by atoms with Crippen LogP contribution in [0.5, 0.6) is 11.5 Å². The van der Waals surface area contributed by atoms with Crippen molar-refractivity contribution in [3.05, 3.63) is 65.9 Å². The number of carbonyl (C=O) groups is 1. The topological polar surface area (TPSA) is 73.6 Å². The van der Waals surface area contributed by atoms with Gasteiger partial charge in [-0.15, -0.1) is 0 Å². The molecule has 2 aromatic carbocycles. The summed E-state index contributed by atoms with van der Waals surface area (Å²) < 4.78 is 16.0. The third-order valence-electron chi connectivity index (χ3n) is 4.05. The molecule has 0 bridgehead atoms. The van der Waals surface area contributed by atoms with Gasteiger partial charge < -0.3 is 19.3 Å². The highest BCUT2D eigenvalue weighted by Crippen LogP contribution is 2.36. The molecule has 1 unspecified atom stereocenters. The Morgan fingerprint density at radius 2 is 1.88 bits per heavy atom. The van der Waals surface area contributed by atoms with Gasteiger partial charge in [-0.2, -0.15) is 0 Å². The van der Waals surface area contributed by atoms with Crippen molar-refractivity contribution < 1.29 is 18.8 Å². The van der Waals surface area contributed by atoms with E-state index in [9.17, 15) is 4.79 Å². The van der Waals surface area contributed by atoms with E-state index in [-0.39, 0.29) is 24.4 Å². The van der Waals surface area contributed by atoms with Crippen LogP contribution in [0.25, 0.3) is 11.3 Å². The first kappa shape index (κ1) is 15.3. The molecule has 0 saturated carbocycles. The molecule has 0 radical (unpaired) electrons. The first-order chi connectivity index (χ1) is 12.2. The molecule has 25 heavy (non-hydrogen) atoms. The molecule has 0 saturated heterocycles. The largest absolute Gasteiger partial charge is 0.454 e. The summed E-state index contributed by atoms with van der Waals surface area (Å²) in [5.41, 5.74) is 2.03. The fraction of sp³-hybridized carbons (Fsp3) is 0.158. The zero-order valence-electron chi connectivity index (χ0n) is 13.6. The van der Waals surface area contributed by atoms with E-state index >= 15 is 0 Å². The molecule has 1 N–H and O–H groups in total. The second kappa shape index (κ2) is 6.32. The highest BCUT2D eigenvalue weighted by molar-refractivity contribution is 5.93. The Morgan fingerprint density at radius 3 is 2.72 bits per heavy atom. The van der Waals surface area contributed by atoms with Gasteiger partial charge in [-0.05, 0) is 30.7 Å². The van der Waals surface area contributed by atoms with Gasteiger partial charge in [0.1, 0.15) is 0 Å². The Kier molecular flexibility index (Phi) is 3.85. The number of hydrogen-bond acceptors (Lipinski definition) is 5. The van der Waals surface area contributed by atoms with Crippen LogP contribution < -0.4 is 14.8 Å². The molecular weight excluding hydrogens is 320 g/mol. The summed E-state index contributed by atoms with van der Waals surface area (Å²) in [6.45, 7) is 2.13. The van der Waals surface area contributed by atoms with Crippen LogP contribution in [0.4, 0.5) is 0 Å². The fourth-order valence-electron chi connectivity index (χ4n) is 2.66. The molecule has 6 heteroatoms. The van der Waals surface area contributed by atoms with Crippen LogP contribution in [-0.2, 0) is 0 Å². The monoisotopic (exact) mass is 336 g/mol.